The van der Waals surface area contributed by atoms with E-state index >= 15 is 0 Å². The van der Waals surface area contributed by atoms with Gasteiger partial charge in [-0.05, 0) is 49.9 Å². The summed E-state index contributed by atoms with van der Waals surface area (Å²) in [6, 6.07) is 5.42. The minimum Gasteiger partial charge on any atom is -0.506 e. The summed E-state index contributed by atoms with van der Waals surface area (Å²) in [6.45, 7) is 3.57. The van der Waals surface area contributed by atoms with Crippen LogP contribution < -0.4 is 10.6 Å². The fourth-order valence-corrected chi connectivity index (χ4v) is 2.47. The van der Waals surface area contributed by atoms with Crippen LogP contribution in [-0.2, 0) is 11.2 Å². The highest BCUT2D eigenvalue weighted by Crippen LogP contribution is 2.30. The van der Waals surface area contributed by atoms with Gasteiger partial charge in [0.05, 0.1) is 5.69 Å². The van der Waals surface area contributed by atoms with E-state index in [-0.39, 0.29) is 11.7 Å². The number of piperidine rings is 1. The average Bonchev–Trinajstić information content (AvgIpc) is 2.34. The lowest BCUT2D eigenvalue weighted by molar-refractivity contribution is -0.114. The maximum Gasteiger partial charge on any atom is 0.221 e. The zero-order chi connectivity index (χ0) is 13.0. The second-order valence-electron chi connectivity index (χ2n) is 4.89. The monoisotopic (exact) mass is 248 g/mol. The Morgan fingerprint density at radius 1 is 1.44 bits per heavy atom. The fourth-order valence-electron chi connectivity index (χ4n) is 2.47. The lowest BCUT2D eigenvalue weighted by atomic mass is 9.90. The van der Waals surface area contributed by atoms with Crippen LogP contribution in [-0.4, -0.2) is 24.1 Å². The molecule has 0 atom stereocenters. The molecule has 4 heteroatoms. The summed E-state index contributed by atoms with van der Waals surface area (Å²) in [4.78, 5) is 11.2. The molecule has 1 aliphatic heterocycles. The van der Waals surface area contributed by atoms with Crippen LogP contribution in [0.15, 0.2) is 18.2 Å². The lowest BCUT2D eigenvalue weighted by Crippen LogP contribution is -2.28. The number of anilines is 1. The van der Waals surface area contributed by atoms with Gasteiger partial charge in [-0.3, -0.25) is 4.79 Å². The molecule has 18 heavy (non-hydrogen) atoms. The Balaban J connectivity index is 2.15. The van der Waals surface area contributed by atoms with E-state index in [0.29, 0.717) is 11.6 Å². The Morgan fingerprint density at radius 3 is 2.83 bits per heavy atom. The Labute approximate surface area is 107 Å². The van der Waals surface area contributed by atoms with E-state index in [1.54, 1.807) is 6.07 Å². The molecule has 0 radical (unpaired) electrons. The summed E-state index contributed by atoms with van der Waals surface area (Å²) in [7, 11) is 0. The molecule has 1 saturated heterocycles. The highest BCUT2D eigenvalue weighted by Gasteiger charge is 2.17. The molecule has 4 nitrogen and oxygen atoms in total. The number of carbonyl (C=O) groups is 1. The fraction of sp³-hybridized carbons (Fsp3) is 0.500. The summed E-state index contributed by atoms with van der Waals surface area (Å²) in [5.41, 5.74) is 1.60. The molecule has 1 aromatic carbocycles. The molecule has 1 amide bonds. The second-order valence-corrected chi connectivity index (χ2v) is 4.89. The van der Waals surface area contributed by atoms with E-state index in [0.717, 1.165) is 37.9 Å². The minimum atomic E-state index is -0.150. The predicted octanol–water partition coefficient (Wildman–Crippen LogP) is 1.89. The van der Waals surface area contributed by atoms with E-state index in [1.807, 2.05) is 12.1 Å². The molecule has 0 saturated carbocycles. The molecule has 1 aromatic rings. The van der Waals surface area contributed by atoms with Crippen LogP contribution in [0.4, 0.5) is 5.69 Å². The van der Waals surface area contributed by atoms with Gasteiger partial charge in [0.15, 0.2) is 0 Å². The molecule has 1 aliphatic rings. The largest absolute Gasteiger partial charge is 0.506 e. The van der Waals surface area contributed by atoms with Crippen molar-refractivity contribution in [1.82, 2.24) is 5.32 Å². The van der Waals surface area contributed by atoms with Gasteiger partial charge in [0, 0.05) is 6.92 Å². The highest BCUT2D eigenvalue weighted by atomic mass is 16.3. The van der Waals surface area contributed by atoms with Gasteiger partial charge < -0.3 is 15.7 Å². The van der Waals surface area contributed by atoms with Crippen molar-refractivity contribution in [3.8, 4) is 5.75 Å². The van der Waals surface area contributed by atoms with Crippen molar-refractivity contribution in [2.45, 2.75) is 26.2 Å². The summed E-state index contributed by atoms with van der Waals surface area (Å²) >= 11 is 0. The number of amides is 1. The number of benzene rings is 1. The molecular weight excluding hydrogens is 228 g/mol. The van der Waals surface area contributed by atoms with Crippen LogP contribution in [0.1, 0.15) is 25.3 Å². The van der Waals surface area contributed by atoms with Crippen LogP contribution >= 0.6 is 0 Å². The first-order valence-electron chi connectivity index (χ1n) is 6.46. The lowest BCUT2D eigenvalue weighted by Gasteiger charge is -2.23. The number of phenolic OH excluding ortho intramolecular Hbond substituents is 1. The number of rotatable bonds is 3. The third-order valence-corrected chi connectivity index (χ3v) is 3.40. The van der Waals surface area contributed by atoms with Gasteiger partial charge >= 0.3 is 0 Å². The van der Waals surface area contributed by atoms with Crippen molar-refractivity contribution in [3.05, 3.63) is 23.8 Å². The molecule has 0 spiro atoms. The minimum absolute atomic E-state index is 0.150. The normalized spacial score (nSPS) is 16.5. The molecule has 0 aromatic heterocycles. The number of aromatic hydroxyl groups is 1. The van der Waals surface area contributed by atoms with Gasteiger partial charge in [-0.25, -0.2) is 0 Å². The number of nitrogens with one attached hydrogen (secondary N) is 2. The first kappa shape index (κ1) is 12.9. The van der Waals surface area contributed by atoms with Crippen molar-refractivity contribution in [1.29, 1.82) is 0 Å². The summed E-state index contributed by atoms with van der Waals surface area (Å²) in [6.07, 6.45) is 3.20. The number of para-hydroxylation sites is 1. The quantitative estimate of drug-likeness (QED) is 0.716. The van der Waals surface area contributed by atoms with Crippen molar-refractivity contribution in [2.24, 2.45) is 5.92 Å². The Bertz CT molecular complexity index is 426. The van der Waals surface area contributed by atoms with E-state index in [9.17, 15) is 9.90 Å². The van der Waals surface area contributed by atoms with E-state index < -0.39 is 0 Å². The highest BCUT2D eigenvalue weighted by molar-refractivity contribution is 5.91. The number of hydrogen-bond acceptors (Lipinski definition) is 3. The average molecular weight is 248 g/mol. The predicted molar refractivity (Wildman–Crippen MR) is 71.7 cm³/mol. The van der Waals surface area contributed by atoms with Gasteiger partial charge in [0.2, 0.25) is 5.91 Å². The summed E-state index contributed by atoms with van der Waals surface area (Å²) in [5, 5.41) is 15.9. The molecule has 0 aliphatic carbocycles. The maximum absolute atomic E-state index is 11.2. The van der Waals surface area contributed by atoms with Crippen molar-refractivity contribution in [2.75, 3.05) is 18.4 Å². The van der Waals surface area contributed by atoms with Crippen molar-refractivity contribution < 1.29 is 9.90 Å². The van der Waals surface area contributed by atoms with Crippen LogP contribution in [0.3, 0.4) is 0 Å². The molecular formula is C14H20N2O2. The van der Waals surface area contributed by atoms with Gasteiger partial charge in [0.1, 0.15) is 5.75 Å². The first-order valence-corrected chi connectivity index (χ1v) is 6.46. The van der Waals surface area contributed by atoms with Crippen LogP contribution in [0.2, 0.25) is 0 Å². The van der Waals surface area contributed by atoms with Crippen LogP contribution in [0.5, 0.6) is 5.75 Å². The summed E-state index contributed by atoms with van der Waals surface area (Å²) < 4.78 is 0. The maximum atomic E-state index is 11.2. The molecule has 2 rings (SSSR count). The molecule has 1 heterocycles. The Morgan fingerprint density at radius 2 is 2.17 bits per heavy atom. The van der Waals surface area contributed by atoms with Crippen LogP contribution in [0.25, 0.3) is 0 Å². The van der Waals surface area contributed by atoms with Crippen molar-refractivity contribution >= 4 is 11.6 Å². The van der Waals surface area contributed by atoms with E-state index in [2.05, 4.69) is 10.6 Å². The number of carbonyl (C=O) groups excluding carboxylic acids is 1. The molecule has 98 valence electrons. The molecule has 0 unspecified atom stereocenters. The first-order chi connectivity index (χ1) is 8.66. The third-order valence-electron chi connectivity index (χ3n) is 3.40. The molecule has 3 N–H and O–H groups in total. The zero-order valence-corrected chi connectivity index (χ0v) is 10.7. The third kappa shape index (κ3) is 3.23. The SMILES string of the molecule is CC(=O)Nc1c(O)cccc1CC1CCNCC1. The van der Waals surface area contributed by atoms with Crippen LogP contribution in [0, 0.1) is 5.92 Å². The standard InChI is InChI=1S/C14H20N2O2/c1-10(17)16-14-12(3-2-4-13(14)18)9-11-5-7-15-8-6-11/h2-4,11,15,18H,5-9H2,1H3,(H,16,17). The number of phenols is 1. The second kappa shape index (κ2) is 5.87. The smallest absolute Gasteiger partial charge is 0.221 e. The molecule has 0 bridgehead atoms. The van der Waals surface area contributed by atoms with Gasteiger partial charge in [-0.2, -0.15) is 0 Å². The van der Waals surface area contributed by atoms with E-state index in [4.69, 9.17) is 0 Å². The number of hydrogen-bond donors (Lipinski definition) is 3. The van der Waals surface area contributed by atoms with Gasteiger partial charge in [-0.1, -0.05) is 12.1 Å². The zero-order valence-electron chi connectivity index (χ0n) is 10.7. The van der Waals surface area contributed by atoms with Crippen molar-refractivity contribution in [3.63, 3.8) is 0 Å². The molecule has 1 fully saturated rings. The Kier molecular flexibility index (Phi) is 4.20. The van der Waals surface area contributed by atoms with E-state index in [1.165, 1.54) is 6.92 Å². The van der Waals surface area contributed by atoms with Gasteiger partial charge in [0.25, 0.3) is 0 Å². The Hall–Kier alpha value is -1.55. The topological polar surface area (TPSA) is 61.4 Å². The summed E-state index contributed by atoms with van der Waals surface area (Å²) in [5.74, 6) is 0.625. The van der Waals surface area contributed by atoms with Gasteiger partial charge in [-0.15, -0.1) is 0 Å².